The molecule has 1 fully saturated rings. The summed E-state index contributed by atoms with van der Waals surface area (Å²) in [6.07, 6.45) is 5.26. The van der Waals surface area contributed by atoms with Gasteiger partial charge in [0.1, 0.15) is 17.9 Å². The molecule has 7 heteroatoms. The molecule has 1 amide bonds. The van der Waals surface area contributed by atoms with Gasteiger partial charge in [-0.2, -0.15) is 5.10 Å². The number of aromatic nitrogens is 1. The van der Waals surface area contributed by atoms with Gasteiger partial charge in [-0.05, 0) is 68.8 Å². The van der Waals surface area contributed by atoms with Crippen molar-refractivity contribution in [2.45, 2.75) is 39.0 Å². The fourth-order valence-electron chi connectivity index (χ4n) is 4.59. The number of benzene rings is 2. The maximum Gasteiger partial charge on any atom is 0.240 e. The summed E-state index contributed by atoms with van der Waals surface area (Å²) in [6, 6.07) is 13.8. The average Bonchev–Trinajstić information content (AvgIpc) is 3.28. The van der Waals surface area contributed by atoms with Crippen molar-refractivity contribution in [1.29, 1.82) is 0 Å². The van der Waals surface area contributed by atoms with E-state index >= 15 is 0 Å². The van der Waals surface area contributed by atoms with E-state index in [1.807, 2.05) is 42.5 Å². The molecule has 0 saturated carbocycles. The molecule has 3 aromatic rings. The zero-order valence-corrected chi connectivity index (χ0v) is 19.0. The van der Waals surface area contributed by atoms with Gasteiger partial charge in [0.15, 0.2) is 5.58 Å². The molecule has 1 atom stereocenters. The molecule has 172 valence electrons. The van der Waals surface area contributed by atoms with Crippen molar-refractivity contribution in [2.75, 3.05) is 26.2 Å². The lowest BCUT2D eigenvalue weighted by Crippen LogP contribution is -2.33. The van der Waals surface area contributed by atoms with Gasteiger partial charge in [-0.1, -0.05) is 19.4 Å². The number of rotatable bonds is 7. The van der Waals surface area contributed by atoms with Gasteiger partial charge >= 0.3 is 0 Å². The second-order valence-electron chi connectivity index (χ2n) is 8.82. The van der Waals surface area contributed by atoms with Gasteiger partial charge in [-0.25, -0.2) is 10.4 Å². The molecule has 1 unspecified atom stereocenters. The third-order valence-electron chi connectivity index (χ3n) is 6.52. The zero-order valence-electron chi connectivity index (χ0n) is 19.0. The van der Waals surface area contributed by atoms with Gasteiger partial charge in [0.05, 0.1) is 5.71 Å². The van der Waals surface area contributed by atoms with E-state index in [9.17, 15) is 4.79 Å². The number of hydrazone groups is 1. The molecular weight excluding hydrogens is 416 g/mol. The second-order valence-corrected chi connectivity index (χ2v) is 8.82. The molecule has 1 N–H and O–H groups in total. The van der Waals surface area contributed by atoms with E-state index in [-0.39, 0.29) is 11.8 Å². The SMILES string of the molecule is CCC1CC(=O)NN=C1c1ccc2nc(-c3ccc(OCCN4CCCCC4)cc3)oc2c1. The number of hydrogen-bond acceptors (Lipinski definition) is 6. The van der Waals surface area contributed by atoms with Crippen LogP contribution >= 0.6 is 0 Å². The van der Waals surface area contributed by atoms with E-state index in [4.69, 9.17) is 9.15 Å². The Kier molecular flexibility index (Phi) is 6.39. The summed E-state index contributed by atoms with van der Waals surface area (Å²) >= 11 is 0. The largest absolute Gasteiger partial charge is 0.492 e. The van der Waals surface area contributed by atoms with E-state index in [0.29, 0.717) is 24.5 Å². The topological polar surface area (TPSA) is 80.0 Å². The molecule has 0 aliphatic carbocycles. The predicted octanol–water partition coefficient (Wildman–Crippen LogP) is 4.61. The number of oxazole rings is 1. The molecule has 0 radical (unpaired) electrons. The number of piperidine rings is 1. The Morgan fingerprint density at radius 3 is 2.67 bits per heavy atom. The summed E-state index contributed by atoms with van der Waals surface area (Å²) in [5.74, 6) is 1.51. The standard InChI is InChI=1S/C26H30N4O3/c1-2-18-17-24(31)28-29-25(18)20-8-11-22-23(16-20)33-26(27-22)19-6-9-21(10-7-19)32-15-14-30-12-4-3-5-13-30/h6-11,16,18H,2-5,12-15,17H2,1H3,(H,28,31). The highest BCUT2D eigenvalue weighted by Crippen LogP contribution is 2.28. The van der Waals surface area contributed by atoms with Crippen LogP contribution in [0.25, 0.3) is 22.6 Å². The fourth-order valence-corrected chi connectivity index (χ4v) is 4.59. The molecule has 2 aromatic carbocycles. The molecule has 2 aliphatic heterocycles. The lowest BCUT2D eigenvalue weighted by atomic mass is 9.90. The molecule has 1 aromatic heterocycles. The van der Waals surface area contributed by atoms with Crippen LogP contribution in [0.4, 0.5) is 0 Å². The Morgan fingerprint density at radius 1 is 1.09 bits per heavy atom. The van der Waals surface area contributed by atoms with Crippen LogP contribution in [0.5, 0.6) is 5.75 Å². The first-order chi connectivity index (χ1) is 16.2. The van der Waals surface area contributed by atoms with Crippen molar-refractivity contribution in [3.05, 3.63) is 48.0 Å². The van der Waals surface area contributed by atoms with Crippen molar-refractivity contribution in [3.63, 3.8) is 0 Å². The van der Waals surface area contributed by atoms with E-state index < -0.39 is 0 Å². The van der Waals surface area contributed by atoms with Crippen molar-refractivity contribution in [2.24, 2.45) is 11.0 Å². The quantitative estimate of drug-likeness (QED) is 0.573. The van der Waals surface area contributed by atoms with Crippen molar-refractivity contribution < 1.29 is 13.9 Å². The third kappa shape index (κ3) is 4.93. The van der Waals surface area contributed by atoms with Crippen molar-refractivity contribution in [3.8, 4) is 17.2 Å². The summed E-state index contributed by atoms with van der Waals surface area (Å²) in [5.41, 5.74) is 6.86. The van der Waals surface area contributed by atoms with Crippen LogP contribution in [-0.4, -0.2) is 47.7 Å². The number of nitrogens with one attached hydrogen (secondary N) is 1. The Morgan fingerprint density at radius 2 is 1.88 bits per heavy atom. The highest BCUT2D eigenvalue weighted by atomic mass is 16.5. The van der Waals surface area contributed by atoms with E-state index in [0.717, 1.165) is 41.1 Å². The highest BCUT2D eigenvalue weighted by Gasteiger charge is 2.24. The molecule has 33 heavy (non-hydrogen) atoms. The van der Waals surface area contributed by atoms with Crippen LogP contribution in [-0.2, 0) is 4.79 Å². The number of nitrogens with zero attached hydrogens (tertiary/aromatic N) is 3. The molecule has 0 spiro atoms. The van der Waals surface area contributed by atoms with Crippen LogP contribution in [0.3, 0.4) is 0 Å². The number of ether oxygens (including phenoxy) is 1. The van der Waals surface area contributed by atoms with Gasteiger partial charge in [0.25, 0.3) is 0 Å². The molecule has 2 aliphatic rings. The highest BCUT2D eigenvalue weighted by molar-refractivity contribution is 6.07. The number of fused-ring (bicyclic) bond motifs is 1. The molecule has 7 nitrogen and oxygen atoms in total. The number of carbonyl (C=O) groups excluding carboxylic acids is 1. The fraction of sp³-hybridized carbons (Fsp3) is 0.423. The van der Waals surface area contributed by atoms with E-state index in [2.05, 4.69) is 27.3 Å². The van der Waals surface area contributed by atoms with Gasteiger partial charge in [-0.3, -0.25) is 9.69 Å². The van der Waals surface area contributed by atoms with Gasteiger partial charge in [0.2, 0.25) is 11.8 Å². The summed E-state index contributed by atoms with van der Waals surface area (Å²) < 4.78 is 12.0. The van der Waals surface area contributed by atoms with Crippen LogP contribution in [0.2, 0.25) is 0 Å². The normalized spacial score (nSPS) is 19.4. The summed E-state index contributed by atoms with van der Waals surface area (Å²) in [5, 5.41) is 4.31. The zero-order chi connectivity index (χ0) is 22.6. The molecular formula is C26H30N4O3. The summed E-state index contributed by atoms with van der Waals surface area (Å²) in [6.45, 7) is 6.12. The molecule has 1 saturated heterocycles. The minimum absolute atomic E-state index is 0.0347. The van der Waals surface area contributed by atoms with Gasteiger partial charge in [-0.15, -0.1) is 0 Å². The number of likely N-dealkylation sites (tertiary alicyclic amines) is 1. The Hall–Kier alpha value is -3.19. The maximum atomic E-state index is 11.7. The van der Waals surface area contributed by atoms with Crippen LogP contribution < -0.4 is 10.2 Å². The number of hydrogen-bond donors (Lipinski definition) is 1. The van der Waals surface area contributed by atoms with Crippen LogP contribution in [0.15, 0.2) is 52.0 Å². The smallest absolute Gasteiger partial charge is 0.240 e. The first-order valence-electron chi connectivity index (χ1n) is 11.9. The third-order valence-corrected chi connectivity index (χ3v) is 6.52. The molecule has 0 bridgehead atoms. The predicted molar refractivity (Wildman–Crippen MR) is 128 cm³/mol. The Bertz CT molecular complexity index is 1150. The first kappa shape index (κ1) is 21.6. The average molecular weight is 447 g/mol. The second kappa shape index (κ2) is 9.75. The first-order valence-corrected chi connectivity index (χ1v) is 11.9. The number of amides is 1. The Balaban J connectivity index is 1.27. The van der Waals surface area contributed by atoms with Crippen LogP contribution in [0.1, 0.15) is 44.6 Å². The van der Waals surface area contributed by atoms with Gasteiger partial charge < -0.3 is 9.15 Å². The minimum Gasteiger partial charge on any atom is -0.492 e. The van der Waals surface area contributed by atoms with Crippen molar-refractivity contribution >= 4 is 22.7 Å². The molecule has 5 rings (SSSR count). The Labute approximate surface area is 193 Å². The number of carbonyl (C=O) groups is 1. The summed E-state index contributed by atoms with van der Waals surface area (Å²) in [7, 11) is 0. The minimum atomic E-state index is -0.0347. The maximum absolute atomic E-state index is 11.7. The van der Waals surface area contributed by atoms with Crippen molar-refractivity contribution in [1.82, 2.24) is 15.3 Å². The monoisotopic (exact) mass is 446 g/mol. The van der Waals surface area contributed by atoms with Crippen LogP contribution in [0, 0.1) is 5.92 Å². The molecule has 3 heterocycles. The van der Waals surface area contributed by atoms with Gasteiger partial charge in [0, 0.05) is 30.0 Å². The van der Waals surface area contributed by atoms with E-state index in [1.165, 1.54) is 32.4 Å². The van der Waals surface area contributed by atoms with E-state index in [1.54, 1.807) is 0 Å². The summed E-state index contributed by atoms with van der Waals surface area (Å²) in [4.78, 5) is 18.8. The lowest BCUT2D eigenvalue weighted by Gasteiger charge is -2.26. The lowest BCUT2D eigenvalue weighted by molar-refractivity contribution is -0.122.